The van der Waals surface area contributed by atoms with Crippen LogP contribution in [0, 0.1) is 0 Å². The van der Waals surface area contributed by atoms with E-state index >= 15 is 0 Å². The third-order valence-corrected chi connectivity index (χ3v) is 5.77. The summed E-state index contributed by atoms with van der Waals surface area (Å²) >= 11 is 1.82. The number of amides is 1. The smallest absolute Gasteiger partial charge is 0.237 e. The molecule has 0 spiro atoms. The maximum atomic E-state index is 12.6. The minimum absolute atomic E-state index is 0. The number of nitrogens with zero attached hydrogens (tertiary/aromatic N) is 2. The number of likely N-dealkylation sites (tertiary alicyclic amines) is 1. The molecule has 1 saturated heterocycles. The van der Waals surface area contributed by atoms with Crippen molar-refractivity contribution in [2.24, 2.45) is 5.73 Å². The van der Waals surface area contributed by atoms with Gasteiger partial charge in [0.25, 0.3) is 0 Å². The van der Waals surface area contributed by atoms with Crippen molar-refractivity contribution in [1.29, 1.82) is 0 Å². The van der Waals surface area contributed by atoms with Gasteiger partial charge in [0.2, 0.25) is 5.91 Å². The lowest BCUT2D eigenvalue weighted by Crippen LogP contribution is -2.48. The Kier molecular flexibility index (Phi) is 6.68. The first-order chi connectivity index (χ1) is 10.3. The topological polar surface area (TPSA) is 49.6 Å². The van der Waals surface area contributed by atoms with Gasteiger partial charge in [0.1, 0.15) is 0 Å². The van der Waals surface area contributed by atoms with Gasteiger partial charge in [-0.15, -0.1) is 23.7 Å². The van der Waals surface area contributed by atoms with Crippen LogP contribution in [0.1, 0.15) is 36.1 Å². The summed E-state index contributed by atoms with van der Waals surface area (Å²) in [7, 11) is 0. The Hall–Kier alpha value is -0.620. The standard InChI is InChI=1S/C16H25N3OS.ClH/c17-7-4-14-3-1-2-8-18(14)12-16(20)19-9-5-15-13(11-19)6-10-21-15;/h6,10,14H,1-5,7-9,11-12,17H2;1H. The van der Waals surface area contributed by atoms with Gasteiger partial charge in [-0.25, -0.2) is 0 Å². The summed E-state index contributed by atoms with van der Waals surface area (Å²) in [6.45, 7) is 4.02. The van der Waals surface area contributed by atoms with Crippen LogP contribution >= 0.6 is 23.7 Å². The Labute approximate surface area is 143 Å². The van der Waals surface area contributed by atoms with Crippen molar-refractivity contribution < 1.29 is 4.79 Å². The Morgan fingerprint density at radius 1 is 1.36 bits per heavy atom. The van der Waals surface area contributed by atoms with E-state index in [1.54, 1.807) is 0 Å². The molecule has 22 heavy (non-hydrogen) atoms. The highest BCUT2D eigenvalue weighted by molar-refractivity contribution is 7.10. The molecule has 0 radical (unpaired) electrons. The van der Waals surface area contributed by atoms with Gasteiger partial charge in [0, 0.05) is 24.0 Å². The lowest BCUT2D eigenvalue weighted by Gasteiger charge is -2.37. The van der Waals surface area contributed by atoms with Gasteiger partial charge in [0.15, 0.2) is 0 Å². The number of thiophene rings is 1. The second-order valence-electron chi connectivity index (χ2n) is 6.13. The number of rotatable bonds is 4. The zero-order chi connectivity index (χ0) is 14.7. The summed E-state index contributed by atoms with van der Waals surface area (Å²) in [6.07, 6.45) is 5.71. The van der Waals surface area contributed by atoms with Crippen LogP contribution < -0.4 is 5.73 Å². The van der Waals surface area contributed by atoms with Crippen molar-refractivity contribution in [3.05, 3.63) is 21.9 Å². The van der Waals surface area contributed by atoms with Crippen LogP contribution in [0.25, 0.3) is 0 Å². The second-order valence-corrected chi connectivity index (χ2v) is 7.13. The number of nitrogens with two attached hydrogens (primary N) is 1. The molecule has 1 atom stereocenters. The third kappa shape index (κ3) is 4.02. The van der Waals surface area contributed by atoms with Crippen LogP contribution in [0.15, 0.2) is 11.4 Å². The van der Waals surface area contributed by atoms with Crippen molar-refractivity contribution in [2.45, 2.75) is 44.7 Å². The fourth-order valence-electron chi connectivity index (χ4n) is 3.52. The molecule has 3 rings (SSSR count). The average molecular weight is 344 g/mol. The van der Waals surface area contributed by atoms with E-state index in [9.17, 15) is 4.79 Å². The van der Waals surface area contributed by atoms with E-state index in [0.717, 1.165) is 39.0 Å². The predicted molar refractivity (Wildman–Crippen MR) is 93.6 cm³/mol. The number of carbonyl (C=O) groups excluding carboxylic acids is 1. The Morgan fingerprint density at radius 3 is 3.05 bits per heavy atom. The van der Waals surface area contributed by atoms with E-state index in [1.807, 2.05) is 16.2 Å². The van der Waals surface area contributed by atoms with Crippen molar-refractivity contribution in [2.75, 3.05) is 26.2 Å². The monoisotopic (exact) mass is 343 g/mol. The molecule has 1 unspecified atom stereocenters. The maximum absolute atomic E-state index is 12.6. The molecule has 1 fully saturated rings. The number of halogens is 1. The SMILES string of the molecule is Cl.NCCC1CCCCN1CC(=O)N1CCc2sccc2C1. The first-order valence-electron chi connectivity index (χ1n) is 8.05. The first kappa shape index (κ1) is 17.7. The van der Waals surface area contributed by atoms with Crippen LogP contribution in [0.4, 0.5) is 0 Å². The molecule has 2 aliphatic heterocycles. The molecule has 2 N–H and O–H groups in total. The fourth-order valence-corrected chi connectivity index (χ4v) is 4.41. The Balaban J connectivity index is 0.00000176. The van der Waals surface area contributed by atoms with Crippen molar-refractivity contribution in [3.63, 3.8) is 0 Å². The molecule has 0 aliphatic carbocycles. The van der Waals surface area contributed by atoms with Crippen LogP contribution in [-0.4, -0.2) is 47.9 Å². The van der Waals surface area contributed by atoms with E-state index in [0.29, 0.717) is 12.6 Å². The first-order valence-corrected chi connectivity index (χ1v) is 8.93. The molecule has 124 valence electrons. The van der Waals surface area contributed by atoms with Gasteiger partial charge in [-0.2, -0.15) is 0 Å². The molecule has 4 nitrogen and oxygen atoms in total. The number of hydrogen-bond donors (Lipinski definition) is 1. The normalized spacial score (nSPS) is 22.0. The minimum atomic E-state index is 0. The van der Waals surface area contributed by atoms with Crippen LogP contribution in [0.3, 0.4) is 0 Å². The van der Waals surface area contributed by atoms with E-state index in [-0.39, 0.29) is 18.3 Å². The summed E-state index contributed by atoms with van der Waals surface area (Å²) < 4.78 is 0. The summed E-state index contributed by atoms with van der Waals surface area (Å²) in [4.78, 5) is 18.5. The molecule has 0 saturated carbocycles. The Bertz CT molecular complexity index is 491. The van der Waals surface area contributed by atoms with Gasteiger partial charge >= 0.3 is 0 Å². The summed E-state index contributed by atoms with van der Waals surface area (Å²) in [5, 5.41) is 2.14. The number of carbonyl (C=O) groups is 1. The lowest BCUT2D eigenvalue weighted by molar-refractivity contribution is -0.134. The van der Waals surface area contributed by atoms with Gasteiger partial charge in [-0.1, -0.05) is 6.42 Å². The molecular formula is C16H26ClN3OS. The summed E-state index contributed by atoms with van der Waals surface area (Å²) in [6, 6.07) is 2.67. The second kappa shape index (κ2) is 8.29. The minimum Gasteiger partial charge on any atom is -0.337 e. The van der Waals surface area contributed by atoms with Crippen LogP contribution in [0.2, 0.25) is 0 Å². The van der Waals surface area contributed by atoms with Gasteiger partial charge < -0.3 is 10.6 Å². The molecule has 3 heterocycles. The van der Waals surface area contributed by atoms with E-state index < -0.39 is 0 Å². The molecular weight excluding hydrogens is 318 g/mol. The van der Waals surface area contributed by atoms with Gasteiger partial charge in [0.05, 0.1) is 6.54 Å². The maximum Gasteiger partial charge on any atom is 0.237 e. The van der Waals surface area contributed by atoms with Crippen molar-refractivity contribution in [3.8, 4) is 0 Å². The predicted octanol–water partition coefficient (Wildman–Crippen LogP) is 2.26. The number of fused-ring (bicyclic) bond motifs is 1. The van der Waals surface area contributed by atoms with E-state index in [2.05, 4.69) is 16.3 Å². The molecule has 6 heteroatoms. The van der Waals surface area contributed by atoms with Crippen molar-refractivity contribution in [1.82, 2.24) is 9.80 Å². The molecule has 1 aromatic rings. The van der Waals surface area contributed by atoms with Gasteiger partial charge in [-0.05, 0) is 55.8 Å². The number of hydrogen-bond acceptors (Lipinski definition) is 4. The average Bonchev–Trinajstić information content (AvgIpc) is 2.97. The van der Waals surface area contributed by atoms with Gasteiger partial charge in [-0.3, -0.25) is 9.69 Å². The molecule has 2 aliphatic rings. The third-order valence-electron chi connectivity index (χ3n) is 4.75. The van der Waals surface area contributed by atoms with Crippen LogP contribution in [-0.2, 0) is 17.8 Å². The highest BCUT2D eigenvalue weighted by atomic mass is 35.5. The fraction of sp³-hybridized carbons (Fsp3) is 0.688. The largest absolute Gasteiger partial charge is 0.337 e. The highest BCUT2D eigenvalue weighted by Crippen LogP contribution is 2.25. The molecule has 0 bridgehead atoms. The van der Waals surface area contributed by atoms with Crippen molar-refractivity contribution >= 4 is 29.7 Å². The zero-order valence-electron chi connectivity index (χ0n) is 13.0. The molecule has 1 amide bonds. The van der Waals surface area contributed by atoms with E-state index in [4.69, 9.17) is 5.73 Å². The quantitative estimate of drug-likeness (QED) is 0.912. The molecule has 0 aromatic carbocycles. The Morgan fingerprint density at radius 2 is 2.23 bits per heavy atom. The highest BCUT2D eigenvalue weighted by Gasteiger charge is 2.27. The summed E-state index contributed by atoms with van der Waals surface area (Å²) in [5.41, 5.74) is 7.06. The molecule has 1 aromatic heterocycles. The lowest BCUT2D eigenvalue weighted by atomic mass is 9.99. The van der Waals surface area contributed by atoms with Crippen LogP contribution in [0.5, 0.6) is 0 Å². The van der Waals surface area contributed by atoms with E-state index in [1.165, 1.54) is 29.7 Å². The zero-order valence-corrected chi connectivity index (χ0v) is 14.6. The number of piperidine rings is 1. The summed E-state index contributed by atoms with van der Waals surface area (Å²) in [5.74, 6) is 0.288.